The lowest BCUT2D eigenvalue weighted by Gasteiger charge is -2.19. The van der Waals surface area contributed by atoms with Crippen LogP contribution >= 0.6 is 0 Å². The van der Waals surface area contributed by atoms with E-state index in [2.05, 4.69) is 10.3 Å². The Morgan fingerprint density at radius 2 is 1.79 bits per heavy atom. The average Bonchev–Trinajstić information content (AvgIpc) is 3.31. The van der Waals surface area contributed by atoms with Crippen molar-refractivity contribution < 1.29 is 32.6 Å². The van der Waals surface area contributed by atoms with Crippen LogP contribution < -0.4 is 14.8 Å². The van der Waals surface area contributed by atoms with Crippen LogP contribution in [-0.4, -0.2) is 38.2 Å². The number of carbonyl (C=O) groups is 2. The number of aryl methyl sites for hydroxylation is 1. The molecule has 2 aromatic carbocycles. The van der Waals surface area contributed by atoms with Crippen LogP contribution in [0.2, 0.25) is 0 Å². The van der Waals surface area contributed by atoms with Crippen molar-refractivity contribution in [3.05, 3.63) is 65.9 Å². The van der Waals surface area contributed by atoms with Crippen LogP contribution in [0.15, 0.2) is 53.1 Å². The van der Waals surface area contributed by atoms with Gasteiger partial charge in [0.25, 0.3) is 0 Å². The first kappa shape index (κ1) is 23.8. The molecule has 1 amide bonds. The predicted molar refractivity (Wildman–Crippen MR) is 117 cm³/mol. The molecule has 8 nitrogen and oxygen atoms in total. The number of benzene rings is 2. The number of halogens is 1. The largest absolute Gasteiger partial charge is 0.493 e. The van der Waals surface area contributed by atoms with Gasteiger partial charge in [0.1, 0.15) is 5.82 Å². The van der Waals surface area contributed by atoms with Gasteiger partial charge in [0.2, 0.25) is 5.91 Å². The summed E-state index contributed by atoms with van der Waals surface area (Å²) in [6.07, 6.45) is 1.83. The number of ether oxygens (including phenoxy) is 3. The lowest BCUT2D eigenvalue weighted by Crippen LogP contribution is -2.30. The van der Waals surface area contributed by atoms with E-state index in [1.54, 1.807) is 30.3 Å². The molecule has 9 heteroatoms. The van der Waals surface area contributed by atoms with Gasteiger partial charge in [-0.2, -0.15) is 0 Å². The highest BCUT2D eigenvalue weighted by atomic mass is 19.1. The number of hydrogen-bond donors (Lipinski definition) is 1. The van der Waals surface area contributed by atoms with Crippen molar-refractivity contribution in [2.45, 2.75) is 25.3 Å². The summed E-state index contributed by atoms with van der Waals surface area (Å²) in [7, 11) is 4.32. The first-order valence-electron chi connectivity index (χ1n) is 10.2. The molecule has 1 unspecified atom stereocenters. The third kappa shape index (κ3) is 6.31. The number of rotatable bonds is 10. The Balaban J connectivity index is 1.66. The van der Waals surface area contributed by atoms with Gasteiger partial charge in [-0.05, 0) is 42.0 Å². The Labute approximate surface area is 190 Å². The molecular formula is C24H25FN2O6. The van der Waals surface area contributed by atoms with Crippen molar-refractivity contribution in [3.8, 4) is 22.8 Å². The first-order valence-corrected chi connectivity index (χ1v) is 10.2. The Bertz CT molecular complexity index is 1100. The van der Waals surface area contributed by atoms with E-state index in [9.17, 15) is 14.0 Å². The Morgan fingerprint density at radius 3 is 2.45 bits per heavy atom. The molecule has 1 heterocycles. The standard InChI is InChI=1S/C24H25FN2O6/c1-30-19-9-6-16(12-20(19)31-2)18(13-24(29)32-3)27-22(28)10-11-23-26-14-21(33-23)15-4-7-17(25)8-5-15/h4-9,12,14,18H,10-11,13H2,1-3H3,(H,27,28). The second-order valence-electron chi connectivity index (χ2n) is 7.14. The second-order valence-corrected chi connectivity index (χ2v) is 7.14. The van der Waals surface area contributed by atoms with Gasteiger partial charge in [0.05, 0.1) is 40.0 Å². The Kier molecular flexibility index (Phi) is 8.01. The summed E-state index contributed by atoms with van der Waals surface area (Å²) in [5.74, 6) is 0.773. The number of nitrogens with one attached hydrogen (secondary N) is 1. The van der Waals surface area contributed by atoms with Gasteiger partial charge in [0.15, 0.2) is 23.1 Å². The molecule has 0 radical (unpaired) electrons. The topological polar surface area (TPSA) is 99.9 Å². The summed E-state index contributed by atoms with van der Waals surface area (Å²) in [5.41, 5.74) is 1.35. The lowest BCUT2D eigenvalue weighted by atomic mass is 10.0. The molecule has 1 atom stereocenters. The van der Waals surface area contributed by atoms with Gasteiger partial charge >= 0.3 is 5.97 Å². The molecular weight excluding hydrogens is 431 g/mol. The van der Waals surface area contributed by atoms with E-state index < -0.39 is 12.0 Å². The van der Waals surface area contributed by atoms with Gasteiger partial charge in [-0.1, -0.05) is 6.07 Å². The van der Waals surface area contributed by atoms with E-state index in [0.717, 1.165) is 0 Å². The average molecular weight is 456 g/mol. The highest BCUT2D eigenvalue weighted by Crippen LogP contribution is 2.31. The molecule has 0 spiro atoms. The number of esters is 1. The lowest BCUT2D eigenvalue weighted by molar-refractivity contribution is -0.141. The molecule has 0 bridgehead atoms. The smallest absolute Gasteiger partial charge is 0.307 e. The van der Waals surface area contributed by atoms with Crippen molar-refractivity contribution in [1.29, 1.82) is 0 Å². The maximum absolute atomic E-state index is 13.1. The maximum atomic E-state index is 13.1. The van der Waals surface area contributed by atoms with Gasteiger partial charge in [-0.15, -0.1) is 0 Å². The maximum Gasteiger partial charge on any atom is 0.307 e. The number of amides is 1. The van der Waals surface area contributed by atoms with Crippen LogP contribution in [0.25, 0.3) is 11.3 Å². The number of hydrogen-bond acceptors (Lipinski definition) is 7. The van der Waals surface area contributed by atoms with Crippen LogP contribution in [0.4, 0.5) is 4.39 Å². The summed E-state index contributed by atoms with van der Waals surface area (Å²) in [5, 5.41) is 2.86. The number of methoxy groups -OCH3 is 3. The Hall–Kier alpha value is -3.88. The van der Waals surface area contributed by atoms with Gasteiger partial charge < -0.3 is 23.9 Å². The molecule has 0 saturated heterocycles. The summed E-state index contributed by atoms with van der Waals surface area (Å²) in [6, 6.07) is 10.4. The molecule has 0 saturated carbocycles. The van der Waals surface area contributed by atoms with Gasteiger partial charge in [-0.25, -0.2) is 9.37 Å². The van der Waals surface area contributed by atoms with E-state index in [1.165, 1.54) is 39.7 Å². The van der Waals surface area contributed by atoms with Gasteiger partial charge in [0, 0.05) is 18.4 Å². The van der Waals surface area contributed by atoms with Crippen LogP contribution in [-0.2, 0) is 20.7 Å². The molecule has 1 N–H and O–H groups in total. The summed E-state index contributed by atoms with van der Waals surface area (Å²) in [4.78, 5) is 28.7. The first-order chi connectivity index (χ1) is 15.9. The molecule has 0 fully saturated rings. The molecule has 0 aliphatic carbocycles. The molecule has 0 aliphatic heterocycles. The zero-order valence-electron chi connectivity index (χ0n) is 18.6. The highest BCUT2D eigenvalue weighted by Gasteiger charge is 2.21. The van der Waals surface area contributed by atoms with E-state index >= 15 is 0 Å². The fourth-order valence-corrected chi connectivity index (χ4v) is 3.23. The third-order valence-corrected chi connectivity index (χ3v) is 4.99. The molecule has 1 aromatic heterocycles. The Morgan fingerprint density at radius 1 is 1.06 bits per heavy atom. The van der Waals surface area contributed by atoms with Crippen molar-refractivity contribution in [2.24, 2.45) is 0 Å². The molecule has 174 valence electrons. The minimum atomic E-state index is -0.621. The molecule has 0 aliphatic rings. The molecule has 3 aromatic rings. The highest BCUT2D eigenvalue weighted by molar-refractivity contribution is 5.78. The minimum absolute atomic E-state index is 0.0502. The quantitative estimate of drug-likeness (QED) is 0.463. The van der Waals surface area contributed by atoms with Crippen LogP contribution in [0.3, 0.4) is 0 Å². The number of nitrogens with zero attached hydrogens (tertiary/aromatic N) is 1. The van der Waals surface area contributed by atoms with Crippen LogP contribution in [0.1, 0.15) is 30.3 Å². The van der Waals surface area contributed by atoms with E-state index in [4.69, 9.17) is 18.6 Å². The fourth-order valence-electron chi connectivity index (χ4n) is 3.23. The SMILES string of the molecule is COC(=O)CC(NC(=O)CCc1ncc(-c2ccc(F)cc2)o1)c1ccc(OC)c(OC)c1. The minimum Gasteiger partial charge on any atom is -0.493 e. The number of carbonyl (C=O) groups excluding carboxylic acids is 2. The zero-order chi connectivity index (χ0) is 23.8. The summed E-state index contributed by atoms with van der Waals surface area (Å²) in [6.45, 7) is 0. The second kappa shape index (κ2) is 11.1. The molecule has 33 heavy (non-hydrogen) atoms. The van der Waals surface area contributed by atoms with Gasteiger partial charge in [-0.3, -0.25) is 9.59 Å². The number of oxazole rings is 1. The van der Waals surface area contributed by atoms with E-state index in [1.807, 2.05) is 0 Å². The fraction of sp³-hybridized carbons (Fsp3) is 0.292. The summed E-state index contributed by atoms with van der Waals surface area (Å²) >= 11 is 0. The number of aromatic nitrogens is 1. The monoisotopic (exact) mass is 456 g/mol. The van der Waals surface area contributed by atoms with Crippen molar-refractivity contribution in [2.75, 3.05) is 21.3 Å². The van der Waals surface area contributed by atoms with E-state index in [0.29, 0.717) is 34.3 Å². The van der Waals surface area contributed by atoms with Crippen molar-refractivity contribution >= 4 is 11.9 Å². The van der Waals surface area contributed by atoms with E-state index in [-0.39, 0.29) is 31.0 Å². The van der Waals surface area contributed by atoms with Crippen molar-refractivity contribution in [1.82, 2.24) is 10.3 Å². The summed E-state index contributed by atoms with van der Waals surface area (Å²) < 4.78 is 34.1. The van der Waals surface area contributed by atoms with Crippen LogP contribution in [0.5, 0.6) is 11.5 Å². The zero-order valence-corrected chi connectivity index (χ0v) is 18.6. The predicted octanol–water partition coefficient (Wildman–Crippen LogP) is 3.85. The van der Waals surface area contributed by atoms with Crippen molar-refractivity contribution in [3.63, 3.8) is 0 Å². The third-order valence-electron chi connectivity index (χ3n) is 4.99. The normalized spacial score (nSPS) is 11.5. The molecule has 3 rings (SSSR count). The van der Waals surface area contributed by atoms with Crippen LogP contribution in [0, 0.1) is 5.82 Å².